The Balaban J connectivity index is 1.39. The third kappa shape index (κ3) is 7.60. The molecule has 0 aliphatic heterocycles. The van der Waals surface area contributed by atoms with Crippen LogP contribution in [0.2, 0.25) is 0 Å². The lowest BCUT2D eigenvalue weighted by atomic mass is 10.0. The quantitative estimate of drug-likeness (QED) is 0.231. The molecule has 0 bridgehead atoms. The Morgan fingerprint density at radius 2 is 1.50 bits per heavy atom. The molecule has 0 radical (unpaired) electrons. The topological polar surface area (TPSA) is 78.7 Å². The highest BCUT2D eigenvalue weighted by Crippen LogP contribution is 2.35. The number of carbonyl (C=O) groups excluding carboxylic acids is 2. The summed E-state index contributed by atoms with van der Waals surface area (Å²) in [5.41, 5.74) is 13.2. The molecule has 2 saturated carbocycles. The van der Waals surface area contributed by atoms with Crippen molar-refractivity contribution in [3.63, 3.8) is 0 Å². The number of amides is 2. The molecule has 3 N–H and O–H groups in total. The molecule has 2 fully saturated rings. The summed E-state index contributed by atoms with van der Waals surface area (Å²) in [7, 11) is 2.10. The second kappa shape index (κ2) is 14.0. The van der Waals surface area contributed by atoms with Crippen LogP contribution >= 0.6 is 0 Å². The van der Waals surface area contributed by atoms with Crippen molar-refractivity contribution in [3.05, 3.63) is 83.4 Å². The molecule has 42 heavy (non-hydrogen) atoms. The number of nitrogens with two attached hydrogens (primary N) is 1. The average Bonchev–Trinajstić information content (AvgIpc) is 3.72. The van der Waals surface area contributed by atoms with Crippen LogP contribution in [-0.4, -0.2) is 30.3 Å². The van der Waals surface area contributed by atoms with E-state index >= 15 is 0 Å². The second-order valence-electron chi connectivity index (χ2n) is 12.2. The van der Waals surface area contributed by atoms with Gasteiger partial charge in [-0.15, -0.1) is 0 Å². The van der Waals surface area contributed by atoms with Gasteiger partial charge in [0.2, 0.25) is 11.8 Å². The Labute approximate surface area is 251 Å². The van der Waals surface area contributed by atoms with Crippen molar-refractivity contribution in [3.8, 4) is 11.1 Å². The van der Waals surface area contributed by atoms with Crippen LogP contribution in [0.3, 0.4) is 0 Å². The molecule has 6 nitrogen and oxygen atoms in total. The van der Waals surface area contributed by atoms with Crippen LogP contribution in [0.4, 0.5) is 11.4 Å². The average molecular weight is 567 g/mol. The minimum atomic E-state index is 0.103. The lowest BCUT2D eigenvalue weighted by Gasteiger charge is -2.25. The van der Waals surface area contributed by atoms with Crippen molar-refractivity contribution in [1.29, 1.82) is 0 Å². The molecule has 0 saturated heterocycles. The standard InChI is InChI=1S/C36H46N4O2/c1-3-4-19-39(2)34-18-17-32(22-33(34)38-35(41)29-12-5-6-13-29)31-14-8-11-28(21-31)25-40(36(42)30-15-16-30)24-27-10-7-9-26(20-27)23-37/h7-11,14,17-18,20-22,29-30H,3-6,12-13,15-16,19,23-25,37H2,1-2H3,(H,38,41). The maximum atomic E-state index is 13.3. The molecule has 2 aliphatic carbocycles. The van der Waals surface area contributed by atoms with E-state index in [2.05, 4.69) is 78.8 Å². The van der Waals surface area contributed by atoms with E-state index in [1.165, 1.54) is 0 Å². The Bertz CT molecular complexity index is 1380. The van der Waals surface area contributed by atoms with Crippen molar-refractivity contribution in [1.82, 2.24) is 4.90 Å². The molecule has 222 valence electrons. The number of carbonyl (C=O) groups is 2. The fourth-order valence-corrected chi connectivity index (χ4v) is 6.03. The molecule has 0 unspecified atom stereocenters. The smallest absolute Gasteiger partial charge is 0.227 e. The van der Waals surface area contributed by atoms with Gasteiger partial charge in [0.1, 0.15) is 0 Å². The van der Waals surface area contributed by atoms with Crippen LogP contribution in [-0.2, 0) is 29.2 Å². The van der Waals surface area contributed by atoms with E-state index in [-0.39, 0.29) is 23.7 Å². The Hall–Kier alpha value is -3.64. The number of hydrogen-bond acceptors (Lipinski definition) is 4. The van der Waals surface area contributed by atoms with E-state index in [4.69, 9.17) is 5.73 Å². The third-order valence-electron chi connectivity index (χ3n) is 8.71. The minimum Gasteiger partial charge on any atom is -0.373 e. The van der Waals surface area contributed by atoms with Crippen LogP contribution in [0, 0.1) is 11.8 Å². The summed E-state index contributed by atoms with van der Waals surface area (Å²) in [6.07, 6.45) is 8.39. The first-order chi connectivity index (χ1) is 20.4. The summed E-state index contributed by atoms with van der Waals surface area (Å²) in [6, 6.07) is 23.1. The molecule has 2 amide bonds. The van der Waals surface area contributed by atoms with Gasteiger partial charge in [0.15, 0.2) is 0 Å². The zero-order valence-corrected chi connectivity index (χ0v) is 25.3. The first-order valence-electron chi connectivity index (χ1n) is 15.8. The van der Waals surface area contributed by atoms with Crippen LogP contribution in [0.15, 0.2) is 66.7 Å². The molecule has 0 atom stereocenters. The number of nitrogens with one attached hydrogen (secondary N) is 1. The molecule has 5 rings (SSSR count). The van der Waals surface area contributed by atoms with Gasteiger partial charge in [0, 0.05) is 45.1 Å². The van der Waals surface area contributed by atoms with Gasteiger partial charge in [-0.25, -0.2) is 0 Å². The van der Waals surface area contributed by atoms with Crippen molar-refractivity contribution in [2.45, 2.75) is 77.9 Å². The Kier molecular flexibility index (Phi) is 9.96. The first kappa shape index (κ1) is 29.8. The van der Waals surface area contributed by atoms with Gasteiger partial charge in [-0.1, -0.05) is 74.7 Å². The molecule has 0 aromatic heterocycles. The molecule has 0 spiro atoms. The highest BCUT2D eigenvalue weighted by Gasteiger charge is 2.33. The molecule has 2 aliphatic rings. The number of nitrogens with zero attached hydrogens (tertiary/aromatic N) is 2. The highest BCUT2D eigenvalue weighted by atomic mass is 16.2. The van der Waals surface area contributed by atoms with E-state index in [1.54, 1.807) is 0 Å². The number of anilines is 2. The summed E-state index contributed by atoms with van der Waals surface area (Å²) in [5, 5.41) is 3.30. The molecule has 6 heteroatoms. The van der Waals surface area contributed by atoms with E-state index in [0.29, 0.717) is 19.6 Å². The SMILES string of the molecule is CCCCN(C)c1ccc(-c2cccc(CN(Cc3cccc(CN)c3)C(=O)C3CC3)c2)cc1NC(=O)C1CCCC1. The lowest BCUT2D eigenvalue weighted by molar-refractivity contribution is -0.133. The zero-order chi connectivity index (χ0) is 29.5. The van der Waals surface area contributed by atoms with Crippen LogP contribution in [0.1, 0.15) is 75.0 Å². The lowest BCUT2D eigenvalue weighted by Crippen LogP contribution is -2.31. The fraction of sp³-hybridized carbons (Fsp3) is 0.444. The van der Waals surface area contributed by atoms with Gasteiger partial charge < -0.3 is 20.9 Å². The largest absolute Gasteiger partial charge is 0.373 e. The van der Waals surface area contributed by atoms with Gasteiger partial charge in [-0.05, 0) is 78.1 Å². The van der Waals surface area contributed by atoms with E-state index in [1.807, 2.05) is 17.0 Å². The van der Waals surface area contributed by atoms with Crippen molar-refractivity contribution < 1.29 is 9.59 Å². The predicted molar refractivity (Wildman–Crippen MR) is 172 cm³/mol. The van der Waals surface area contributed by atoms with E-state index in [0.717, 1.165) is 97.1 Å². The maximum Gasteiger partial charge on any atom is 0.227 e. The summed E-state index contributed by atoms with van der Waals surface area (Å²) < 4.78 is 0. The van der Waals surface area contributed by atoms with Gasteiger partial charge in [0.05, 0.1) is 11.4 Å². The van der Waals surface area contributed by atoms with Crippen molar-refractivity contribution >= 4 is 23.2 Å². The Morgan fingerprint density at radius 3 is 2.19 bits per heavy atom. The normalized spacial score (nSPS) is 15.0. The predicted octanol–water partition coefficient (Wildman–Crippen LogP) is 7.12. The molecular formula is C36H46N4O2. The van der Waals surface area contributed by atoms with Gasteiger partial charge >= 0.3 is 0 Å². The second-order valence-corrected chi connectivity index (χ2v) is 12.2. The van der Waals surface area contributed by atoms with E-state index < -0.39 is 0 Å². The zero-order valence-electron chi connectivity index (χ0n) is 25.3. The summed E-state index contributed by atoms with van der Waals surface area (Å²) in [6.45, 7) is 4.76. The molecule has 0 heterocycles. The molecule has 3 aromatic rings. The van der Waals surface area contributed by atoms with Crippen molar-refractivity contribution in [2.24, 2.45) is 17.6 Å². The van der Waals surface area contributed by atoms with Gasteiger partial charge in [-0.3, -0.25) is 9.59 Å². The summed E-state index contributed by atoms with van der Waals surface area (Å²) in [5.74, 6) is 0.617. The fourth-order valence-electron chi connectivity index (χ4n) is 6.03. The van der Waals surface area contributed by atoms with Crippen LogP contribution in [0.25, 0.3) is 11.1 Å². The van der Waals surface area contributed by atoms with Gasteiger partial charge in [0.25, 0.3) is 0 Å². The first-order valence-corrected chi connectivity index (χ1v) is 15.8. The molecular weight excluding hydrogens is 520 g/mol. The van der Waals surface area contributed by atoms with E-state index in [9.17, 15) is 9.59 Å². The number of unbranched alkanes of at least 4 members (excludes halogenated alkanes) is 1. The minimum absolute atomic E-state index is 0.103. The molecule has 3 aromatic carbocycles. The maximum absolute atomic E-state index is 13.3. The summed E-state index contributed by atoms with van der Waals surface area (Å²) >= 11 is 0. The van der Waals surface area contributed by atoms with Crippen molar-refractivity contribution in [2.75, 3.05) is 23.8 Å². The number of hydrogen-bond donors (Lipinski definition) is 2. The number of rotatable bonds is 13. The summed E-state index contributed by atoms with van der Waals surface area (Å²) in [4.78, 5) is 30.7. The highest BCUT2D eigenvalue weighted by molar-refractivity contribution is 5.97. The number of benzene rings is 3. The monoisotopic (exact) mass is 566 g/mol. The van der Waals surface area contributed by atoms with Gasteiger partial charge in [-0.2, -0.15) is 0 Å². The third-order valence-corrected chi connectivity index (χ3v) is 8.71. The Morgan fingerprint density at radius 1 is 0.833 bits per heavy atom. The van der Waals surface area contributed by atoms with Crippen LogP contribution in [0.5, 0.6) is 0 Å². The van der Waals surface area contributed by atoms with Crippen LogP contribution < -0.4 is 16.0 Å².